The van der Waals surface area contributed by atoms with Gasteiger partial charge in [-0.25, -0.2) is 0 Å². The van der Waals surface area contributed by atoms with Gasteiger partial charge in [0.2, 0.25) is 0 Å². The first kappa shape index (κ1) is 10.3. The summed E-state index contributed by atoms with van der Waals surface area (Å²) in [4.78, 5) is 11.0. The summed E-state index contributed by atoms with van der Waals surface area (Å²) in [7, 11) is 1.22. The van der Waals surface area contributed by atoms with E-state index in [1.54, 1.807) is 0 Å². The van der Waals surface area contributed by atoms with Gasteiger partial charge in [-0.3, -0.25) is 4.79 Å². The number of carbonyl (C=O) groups excluding carboxylic acids is 1. The highest BCUT2D eigenvalue weighted by Gasteiger charge is 2.17. The van der Waals surface area contributed by atoms with Gasteiger partial charge in [0, 0.05) is 0 Å². The molecule has 0 amide bonds. The van der Waals surface area contributed by atoms with E-state index in [1.807, 2.05) is 0 Å². The molecule has 1 atom stereocenters. The summed E-state index contributed by atoms with van der Waals surface area (Å²) in [6.07, 6.45) is 0. The normalized spacial score (nSPS) is 12.1. The van der Waals surface area contributed by atoms with Gasteiger partial charge in [-0.2, -0.15) is 0 Å². The Morgan fingerprint density at radius 1 is 1.43 bits per heavy atom. The van der Waals surface area contributed by atoms with Gasteiger partial charge < -0.3 is 20.7 Å². The van der Waals surface area contributed by atoms with E-state index in [-0.39, 0.29) is 11.5 Å². The highest BCUT2D eigenvalue weighted by Crippen LogP contribution is 2.27. The summed E-state index contributed by atoms with van der Waals surface area (Å²) in [5.74, 6) is -1.18. The Morgan fingerprint density at radius 3 is 2.57 bits per heavy atom. The van der Waals surface area contributed by atoms with E-state index in [1.165, 1.54) is 25.3 Å². The Balaban J connectivity index is 2.96. The van der Waals surface area contributed by atoms with Crippen LogP contribution in [0.4, 0.5) is 0 Å². The van der Waals surface area contributed by atoms with Crippen molar-refractivity contribution in [2.24, 2.45) is 5.73 Å². The minimum absolute atomic E-state index is 0.259. The molecule has 0 saturated carbocycles. The van der Waals surface area contributed by atoms with E-state index in [0.717, 1.165) is 0 Å². The number of carbonyl (C=O) groups is 1. The molecular formula is C9H11NO4. The van der Waals surface area contributed by atoms with E-state index in [9.17, 15) is 4.79 Å². The summed E-state index contributed by atoms with van der Waals surface area (Å²) in [6, 6.07) is 2.97. The number of phenolic OH excluding ortho intramolecular Hbond substituents is 2. The van der Waals surface area contributed by atoms with E-state index in [2.05, 4.69) is 4.74 Å². The van der Waals surface area contributed by atoms with Gasteiger partial charge in [0.05, 0.1) is 7.11 Å². The molecule has 1 rings (SSSR count). The molecule has 76 valence electrons. The van der Waals surface area contributed by atoms with Crippen LogP contribution >= 0.6 is 0 Å². The van der Waals surface area contributed by atoms with Gasteiger partial charge in [-0.05, 0) is 17.7 Å². The quantitative estimate of drug-likeness (QED) is 0.467. The fourth-order valence-electron chi connectivity index (χ4n) is 0.997. The van der Waals surface area contributed by atoms with E-state index in [4.69, 9.17) is 15.9 Å². The summed E-state index contributed by atoms with van der Waals surface area (Å²) in [6.45, 7) is 0. The monoisotopic (exact) mass is 197 g/mol. The summed E-state index contributed by atoms with van der Waals surface area (Å²) in [5, 5.41) is 18.2. The fourth-order valence-corrected chi connectivity index (χ4v) is 0.997. The summed E-state index contributed by atoms with van der Waals surface area (Å²) in [5.41, 5.74) is 5.88. The van der Waals surface area contributed by atoms with Crippen LogP contribution in [0.2, 0.25) is 0 Å². The number of phenols is 2. The first-order valence-electron chi connectivity index (χ1n) is 3.91. The van der Waals surface area contributed by atoms with Crippen molar-refractivity contribution in [2.75, 3.05) is 7.11 Å². The second-order valence-corrected chi connectivity index (χ2v) is 2.75. The number of rotatable bonds is 2. The van der Waals surface area contributed by atoms with Crippen LogP contribution in [0.25, 0.3) is 0 Å². The van der Waals surface area contributed by atoms with Crippen molar-refractivity contribution >= 4 is 5.97 Å². The van der Waals surface area contributed by atoms with Crippen molar-refractivity contribution in [3.05, 3.63) is 23.8 Å². The molecule has 0 spiro atoms. The lowest BCUT2D eigenvalue weighted by Crippen LogP contribution is -2.22. The Labute approximate surface area is 80.7 Å². The number of nitrogens with two attached hydrogens (primary N) is 1. The van der Waals surface area contributed by atoms with Crippen LogP contribution < -0.4 is 5.73 Å². The predicted molar refractivity (Wildman–Crippen MR) is 48.7 cm³/mol. The van der Waals surface area contributed by atoms with Crippen LogP contribution in [0.3, 0.4) is 0 Å². The zero-order valence-corrected chi connectivity index (χ0v) is 7.60. The second kappa shape index (κ2) is 3.97. The molecule has 5 nitrogen and oxygen atoms in total. The molecule has 0 aromatic heterocycles. The van der Waals surface area contributed by atoms with E-state index >= 15 is 0 Å². The molecule has 0 radical (unpaired) electrons. The lowest BCUT2D eigenvalue weighted by atomic mass is 10.1. The number of hydrogen-bond acceptors (Lipinski definition) is 5. The molecule has 0 aliphatic heterocycles. The maximum atomic E-state index is 11.0. The fraction of sp³-hybridized carbons (Fsp3) is 0.222. The molecular weight excluding hydrogens is 186 g/mol. The van der Waals surface area contributed by atoms with Crippen LogP contribution in [-0.4, -0.2) is 23.3 Å². The highest BCUT2D eigenvalue weighted by molar-refractivity contribution is 5.77. The summed E-state index contributed by atoms with van der Waals surface area (Å²) < 4.78 is 4.43. The average molecular weight is 197 g/mol. The van der Waals surface area contributed by atoms with Crippen molar-refractivity contribution in [3.8, 4) is 11.5 Å². The lowest BCUT2D eigenvalue weighted by molar-refractivity contribution is -0.142. The third-order valence-corrected chi connectivity index (χ3v) is 1.81. The molecule has 1 aromatic rings. The van der Waals surface area contributed by atoms with Crippen molar-refractivity contribution in [2.45, 2.75) is 6.04 Å². The van der Waals surface area contributed by atoms with Gasteiger partial charge in [-0.15, -0.1) is 0 Å². The molecule has 0 fully saturated rings. The molecule has 5 heteroatoms. The molecule has 0 aliphatic rings. The number of benzene rings is 1. The van der Waals surface area contributed by atoms with Crippen LogP contribution in [0.1, 0.15) is 11.6 Å². The maximum absolute atomic E-state index is 11.0. The van der Waals surface area contributed by atoms with Crippen molar-refractivity contribution in [3.63, 3.8) is 0 Å². The largest absolute Gasteiger partial charge is 0.504 e. The molecule has 1 unspecified atom stereocenters. The number of esters is 1. The Kier molecular flexibility index (Phi) is 2.93. The molecule has 0 saturated heterocycles. The van der Waals surface area contributed by atoms with E-state index < -0.39 is 12.0 Å². The molecule has 0 heterocycles. The lowest BCUT2D eigenvalue weighted by Gasteiger charge is -2.09. The predicted octanol–water partition coefficient (Wildman–Crippen LogP) is 0.271. The van der Waals surface area contributed by atoms with Crippen LogP contribution in [0.15, 0.2) is 18.2 Å². The van der Waals surface area contributed by atoms with Crippen molar-refractivity contribution in [1.29, 1.82) is 0 Å². The van der Waals surface area contributed by atoms with Gasteiger partial charge in [0.1, 0.15) is 6.04 Å². The smallest absolute Gasteiger partial charge is 0.327 e. The van der Waals surface area contributed by atoms with Crippen LogP contribution in [0, 0.1) is 0 Å². The standard InChI is InChI=1S/C9H11NO4/c1-14-9(13)8(10)5-2-3-6(11)7(12)4-5/h2-4,8,11-12H,10H2,1H3. The highest BCUT2D eigenvalue weighted by atomic mass is 16.5. The summed E-state index contributed by atoms with van der Waals surface area (Å²) >= 11 is 0. The third kappa shape index (κ3) is 1.94. The third-order valence-electron chi connectivity index (χ3n) is 1.81. The SMILES string of the molecule is COC(=O)C(N)c1ccc(O)c(O)c1. The van der Waals surface area contributed by atoms with Crippen molar-refractivity contribution in [1.82, 2.24) is 0 Å². The number of aromatic hydroxyl groups is 2. The molecule has 1 aromatic carbocycles. The molecule has 0 bridgehead atoms. The number of methoxy groups -OCH3 is 1. The average Bonchev–Trinajstić information content (AvgIpc) is 2.20. The van der Waals surface area contributed by atoms with Gasteiger partial charge in [0.25, 0.3) is 0 Å². The van der Waals surface area contributed by atoms with Gasteiger partial charge in [-0.1, -0.05) is 6.07 Å². The Bertz CT molecular complexity index is 351. The van der Waals surface area contributed by atoms with E-state index in [0.29, 0.717) is 5.56 Å². The zero-order chi connectivity index (χ0) is 10.7. The molecule has 0 aliphatic carbocycles. The molecule has 4 N–H and O–H groups in total. The van der Waals surface area contributed by atoms with Crippen LogP contribution in [0.5, 0.6) is 11.5 Å². The maximum Gasteiger partial charge on any atom is 0.327 e. The van der Waals surface area contributed by atoms with Gasteiger partial charge in [0.15, 0.2) is 11.5 Å². The minimum Gasteiger partial charge on any atom is -0.504 e. The minimum atomic E-state index is -0.952. The number of ether oxygens (including phenoxy) is 1. The number of hydrogen-bond donors (Lipinski definition) is 3. The first-order chi connectivity index (χ1) is 6.56. The van der Waals surface area contributed by atoms with Gasteiger partial charge >= 0.3 is 5.97 Å². The first-order valence-corrected chi connectivity index (χ1v) is 3.91. The Morgan fingerprint density at radius 2 is 2.07 bits per heavy atom. The van der Waals surface area contributed by atoms with Crippen molar-refractivity contribution < 1.29 is 19.7 Å². The Hall–Kier alpha value is -1.75. The zero-order valence-electron chi connectivity index (χ0n) is 7.60. The second-order valence-electron chi connectivity index (χ2n) is 2.75. The van der Waals surface area contributed by atoms with Crippen LogP contribution in [-0.2, 0) is 9.53 Å². The molecule has 14 heavy (non-hydrogen) atoms. The topological polar surface area (TPSA) is 92.8 Å².